The number of nitrogens with zero attached hydrogens (tertiary/aromatic N) is 1. The van der Waals surface area contributed by atoms with Gasteiger partial charge >= 0.3 is 0 Å². The van der Waals surface area contributed by atoms with E-state index in [1.807, 2.05) is 0 Å². The van der Waals surface area contributed by atoms with Crippen LogP contribution in [0.3, 0.4) is 0 Å². The van der Waals surface area contributed by atoms with Gasteiger partial charge in [0.1, 0.15) is 0 Å². The van der Waals surface area contributed by atoms with Crippen molar-refractivity contribution in [2.75, 3.05) is 19.6 Å². The maximum atomic E-state index is 9.84. The Morgan fingerprint density at radius 3 is 2.25 bits per heavy atom. The van der Waals surface area contributed by atoms with E-state index in [4.69, 9.17) is 0 Å². The first-order valence-electron chi connectivity index (χ1n) is 5.23. The van der Waals surface area contributed by atoms with Gasteiger partial charge in [-0.2, -0.15) is 0 Å². The summed E-state index contributed by atoms with van der Waals surface area (Å²) in [5.74, 6) is 0. The zero-order chi connectivity index (χ0) is 8.44. The molecule has 1 saturated carbocycles. The maximum absolute atomic E-state index is 9.84. The van der Waals surface area contributed by atoms with E-state index in [9.17, 15) is 5.11 Å². The molecule has 1 saturated heterocycles. The van der Waals surface area contributed by atoms with Gasteiger partial charge in [0.15, 0.2) is 0 Å². The molecule has 0 unspecified atom stereocenters. The molecule has 0 spiro atoms. The number of aliphatic hydroxyl groups is 1. The van der Waals surface area contributed by atoms with E-state index in [-0.39, 0.29) is 5.60 Å². The lowest BCUT2D eigenvalue weighted by Gasteiger charge is -2.37. The Bertz CT molecular complexity index is 148. The quantitative estimate of drug-likeness (QED) is 0.690. The molecule has 0 aromatic heterocycles. The predicted molar refractivity (Wildman–Crippen MR) is 49.1 cm³/mol. The molecule has 2 heteroatoms. The van der Waals surface area contributed by atoms with Crippen molar-refractivity contribution in [1.29, 1.82) is 0 Å². The SMILES string of the molecule is OC1(CCN2CCCC2)CCC1. The first-order chi connectivity index (χ1) is 5.79. The number of rotatable bonds is 3. The molecular weight excluding hydrogens is 150 g/mol. The summed E-state index contributed by atoms with van der Waals surface area (Å²) in [7, 11) is 0. The first kappa shape index (κ1) is 8.52. The zero-order valence-corrected chi connectivity index (χ0v) is 7.76. The van der Waals surface area contributed by atoms with Gasteiger partial charge in [0.05, 0.1) is 5.60 Å². The molecule has 0 amide bonds. The Kier molecular flexibility index (Phi) is 2.37. The molecular formula is C10H19NO. The number of likely N-dealkylation sites (tertiary alicyclic amines) is 1. The summed E-state index contributed by atoms with van der Waals surface area (Å²) in [6.07, 6.45) is 7.04. The van der Waals surface area contributed by atoms with Crippen LogP contribution < -0.4 is 0 Å². The molecule has 1 aliphatic carbocycles. The highest BCUT2D eigenvalue weighted by molar-refractivity contribution is 4.88. The molecule has 2 rings (SSSR count). The third-order valence-corrected chi connectivity index (χ3v) is 3.38. The van der Waals surface area contributed by atoms with Gasteiger partial charge < -0.3 is 10.0 Å². The smallest absolute Gasteiger partial charge is 0.0660 e. The van der Waals surface area contributed by atoms with E-state index in [2.05, 4.69) is 4.90 Å². The van der Waals surface area contributed by atoms with Gasteiger partial charge in [-0.05, 0) is 51.6 Å². The summed E-state index contributed by atoms with van der Waals surface area (Å²) in [6, 6.07) is 0. The summed E-state index contributed by atoms with van der Waals surface area (Å²) in [6.45, 7) is 3.64. The molecule has 1 heterocycles. The number of hydrogen-bond donors (Lipinski definition) is 1. The molecule has 12 heavy (non-hydrogen) atoms. The summed E-state index contributed by atoms with van der Waals surface area (Å²) < 4.78 is 0. The largest absolute Gasteiger partial charge is 0.390 e. The van der Waals surface area contributed by atoms with Gasteiger partial charge in [0.25, 0.3) is 0 Å². The van der Waals surface area contributed by atoms with Gasteiger partial charge in [-0.25, -0.2) is 0 Å². The molecule has 0 aromatic carbocycles. The molecule has 2 aliphatic rings. The number of hydrogen-bond acceptors (Lipinski definition) is 2. The molecule has 0 bridgehead atoms. The lowest BCUT2D eigenvalue weighted by atomic mass is 9.78. The minimum atomic E-state index is -0.261. The second-order valence-electron chi connectivity index (χ2n) is 4.38. The lowest BCUT2D eigenvalue weighted by Crippen LogP contribution is -2.40. The Morgan fingerprint density at radius 2 is 1.75 bits per heavy atom. The van der Waals surface area contributed by atoms with Crippen molar-refractivity contribution in [3.8, 4) is 0 Å². The van der Waals surface area contributed by atoms with Crippen LogP contribution in [0.15, 0.2) is 0 Å². The van der Waals surface area contributed by atoms with Crippen LogP contribution in [0.1, 0.15) is 38.5 Å². The van der Waals surface area contributed by atoms with Crippen molar-refractivity contribution in [2.45, 2.75) is 44.1 Å². The van der Waals surface area contributed by atoms with E-state index in [0.717, 1.165) is 25.8 Å². The molecule has 0 aromatic rings. The highest BCUT2D eigenvalue weighted by atomic mass is 16.3. The van der Waals surface area contributed by atoms with Crippen LogP contribution in [0, 0.1) is 0 Å². The second kappa shape index (κ2) is 3.35. The van der Waals surface area contributed by atoms with E-state index in [0.29, 0.717) is 0 Å². The lowest BCUT2D eigenvalue weighted by molar-refractivity contribution is -0.0452. The summed E-state index contributed by atoms with van der Waals surface area (Å²) in [5.41, 5.74) is -0.261. The Balaban J connectivity index is 1.67. The summed E-state index contributed by atoms with van der Waals surface area (Å²) in [4.78, 5) is 2.48. The van der Waals surface area contributed by atoms with Crippen molar-refractivity contribution < 1.29 is 5.11 Å². The highest BCUT2D eigenvalue weighted by Crippen LogP contribution is 2.34. The van der Waals surface area contributed by atoms with E-state index in [1.165, 1.54) is 32.4 Å². The second-order valence-corrected chi connectivity index (χ2v) is 4.38. The van der Waals surface area contributed by atoms with Crippen molar-refractivity contribution >= 4 is 0 Å². The van der Waals surface area contributed by atoms with Crippen LogP contribution in [-0.2, 0) is 0 Å². The molecule has 1 N–H and O–H groups in total. The molecule has 2 fully saturated rings. The first-order valence-corrected chi connectivity index (χ1v) is 5.23. The van der Waals surface area contributed by atoms with Crippen LogP contribution in [0.2, 0.25) is 0 Å². The Morgan fingerprint density at radius 1 is 1.08 bits per heavy atom. The minimum absolute atomic E-state index is 0.261. The highest BCUT2D eigenvalue weighted by Gasteiger charge is 2.34. The van der Waals surface area contributed by atoms with Crippen molar-refractivity contribution in [3.63, 3.8) is 0 Å². The van der Waals surface area contributed by atoms with Gasteiger partial charge in [0, 0.05) is 6.54 Å². The van der Waals surface area contributed by atoms with Crippen molar-refractivity contribution in [2.24, 2.45) is 0 Å². The maximum Gasteiger partial charge on any atom is 0.0660 e. The Labute approximate surface area is 74.6 Å². The Hall–Kier alpha value is -0.0800. The summed E-state index contributed by atoms with van der Waals surface area (Å²) >= 11 is 0. The molecule has 2 nitrogen and oxygen atoms in total. The monoisotopic (exact) mass is 169 g/mol. The minimum Gasteiger partial charge on any atom is -0.390 e. The third kappa shape index (κ3) is 1.80. The molecule has 1 aliphatic heterocycles. The van der Waals surface area contributed by atoms with Crippen LogP contribution in [0.5, 0.6) is 0 Å². The van der Waals surface area contributed by atoms with Gasteiger partial charge in [0.2, 0.25) is 0 Å². The van der Waals surface area contributed by atoms with Crippen LogP contribution in [-0.4, -0.2) is 35.2 Å². The standard InChI is InChI=1S/C10H19NO/c12-10(4-3-5-10)6-9-11-7-1-2-8-11/h12H,1-9H2. The van der Waals surface area contributed by atoms with Crippen molar-refractivity contribution in [3.05, 3.63) is 0 Å². The van der Waals surface area contributed by atoms with Crippen LogP contribution >= 0.6 is 0 Å². The molecule has 0 radical (unpaired) electrons. The van der Waals surface area contributed by atoms with E-state index >= 15 is 0 Å². The van der Waals surface area contributed by atoms with Gasteiger partial charge in [-0.15, -0.1) is 0 Å². The van der Waals surface area contributed by atoms with Crippen LogP contribution in [0.25, 0.3) is 0 Å². The fourth-order valence-corrected chi connectivity index (χ4v) is 2.21. The third-order valence-electron chi connectivity index (χ3n) is 3.38. The molecule has 70 valence electrons. The van der Waals surface area contributed by atoms with Gasteiger partial charge in [-0.1, -0.05) is 0 Å². The molecule has 0 atom stereocenters. The normalized spacial score (nSPS) is 28.8. The predicted octanol–water partition coefficient (Wildman–Crippen LogP) is 1.39. The van der Waals surface area contributed by atoms with E-state index in [1.54, 1.807) is 0 Å². The van der Waals surface area contributed by atoms with Gasteiger partial charge in [-0.3, -0.25) is 0 Å². The average molecular weight is 169 g/mol. The fourth-order valence-electron chi connectivity index (χ4n) is 2.21. The summed E-state index contributed by atoms with van der Waals surface area (Å²) in [5, 5.41) is 9.84. The topological polar surface area (TPSA) is 23.5 Å². The van der Waals surface area contributed by atoms with E-state index < -0.39 is 0 Å². The van der Waals surface area contributed by atoms with Crippen LogP contribution in [0.4, 0.5) is 0 Å². The fraction of sp³-hybridized carbons (Fsp3) is 1.00. The zero-order valence-electron chi connectivity index (χ0n) is 7.76. The average Bonchev–Trinajstić information content (AvgIpc) is 2.49. The van der Waals surface area contributed by atoms with Crippen molar-refractivity contribution in [1.82, 2.24) is 4.90 Å².